The van der Waals surface area contributed by atoms with Crippen LogP contribution in [0.2, 0.25) is 0 Å². The summed E-state index contributed by atoms with van der Waals surface area (Å²) in [7, 11) is 0. The number of rotatable bonds is 5. The Morgan fingerprint density at radius 1 is 1.33 bits per heavy atom. The summed E-state index contributed by atoms with van der Waals surface area (Å²) in [5.41, 5.74) is 5.84. The minimum absolute atomic E-state index is 0.0241. The molecule has 1 aromatic heterocycles. The summed E-state index contributed by atoms with van der Waals surface area (Å²) in [5, 5.41) is 19.2. The van der Waals surface area contributed by atoms with Gasteiger partial charge in [0.15, 0.2) is 0 Å². The Morgan fingerprint density at radius 2 is 2.04 bits per heavy atom. The minimum atomic E-state index is -0.437. The fourth-order valence-electron chi connectivity index (χ4n) is 2.25. The Bertz CT molecular complexity index is 823. The largest absolute Gasteiger partial charge is 0.272 e. The molecule has 0 atom stereocenters. The third-order valence-corrected chi connectivity index (χ3v) is 3.57. The quantitative estimate of drug-likeness (QED) is 0.516. The highest BCUT2D eigenvalue weighted by Crippen LogP contribution is 2.19. The predicted molar refractivity (Wildman–Crippen MR) is 89.9 cm³/mol. The minimum Gasteiger partial charge on any atom is -0.271 e. The van der Waals surface area contributed by atoms with Gasteiger partial charge in [0, 0.05) is 22.9 Å². The van der Waals surface area contributed by atoms with Crippen LogP contribution in [0.15, 0.2) is 29.4 Å². The first kappa shape index (κ1) is 17.3. The molecule has 0 saturated heterocycles. The molecular formula is C16H19N5O3. The molecule has 1 aromatic carbocycles. The van der Waals surface area contributed by atoms with Crippen LogP contribution in [0.3, 0.4) is 0 Å². The van der Waals surface area contributed by atoms with Crippen molar-refractivity contribution in [1.29, 1.82) is 0 Å². The first-order valence-electron chi connectivity index (χ1n) is 7.37. The van der Waals surface area contributed by atoms with Crippen molar-refractivity contribution in [2.24, 2.45) is 5.10 Å². The molecule has 2 aromatic rings. The van der Waals surface area contributed by atoms with Gasteiger partial charge in [0.2, 0.25) is 0 Å². The van der Waals surface area contributed by atoms with Crippen LogP contribution in [0.5, 0.6) is 0 Å². The van der Waals surface area contributed by atoms with Gasteiger partial charge >= 0.3 is 0 Å². The molecule has 0 unspecified atom stereocenters. The third-order valence-electron chi connectivity index (χ3n) is 3.57. The number of hydrogen-bond donors (Lipinski definition) is 1. The van der Waals surface area contributed by atoms with Gasteiger partial charge in [-0.25, -0.2) is 5.43 Å². The van der Waals surface area contributed by atoms with E-state index in [9.17, 15) is 14.9 Å². The van der Waals surface area contributed by atoms with Crippen molar-refractivity contribution in [3.05, 3.63) is 56.9 Å². The van der Waals surface area contributed by atoms with Crippen molar-refractivity contribution in [1.82, 2.24) is 15.2 Å². The van der Waals surface area contributed by atoms with Crippen molar-refractivity contribution in [3.63, 3.8) is 0 Å². The second-order valence-corrected chi connectivity index (χ2v) is 5.58. The van der Waals surface area contributed by atoms with Gasteiger partial charge in [0.1, 0.15) is 6.54 Å². The standard InChI is InChI=1S/C16H19N5O3/c1-10-5-6-14(8-15(10)21(23)24)13(4)17-18-16(22)9-20-12(3)7-11(2)19-20/h5-8H,9H2,1-4H3,(H,18,22)/b17-13+. The van der Waals surface area contributed by atoms with E-state index < -0.39 is 4.92 Å². The van der Waals surface area contributed by atoms with Gasteiger partial charge < -0.3 is 0 Å². The molecule has 0 aliphatic rings. The zero-order chi connectivity index (χ0) is 17.9. The molecule has 0 fully saturated rings. The van der Waals surface area contributed by atoms with Crippen LogP contribution < -0.4 is 5.43 Å². The van der Waals surface area contributed by atoms with Crippen molar-refractivity contribution in [2.45, 2.75) is 34.2 Å². The Morgan fingerprint density at radius 3 is 2.62 bits per heavy atom. The predicted octanol–water partition coefficient (Wildman–Crippen LogP) is 2.26. The normalized spacial score (nSPS) is 11.4. The van der Waals surface area contributed by atoms with E-state index in [4.69, 9.17) is 0 Å². The highest BCUT2D eigenvalue weighted by molar-refractivity contribution is 5.99. The van der Waals surface area contributed by atoms with Crippen molar-refractivity contribution >= 4 is 17.3 Å². The number of amides is 1. The van der Waals surface area contributed by atoms with Crippen LogP contribution in [0, 0.1) is 30.9 Å². The monoisotopic (exact) mass is 329 g/mol. The number of carbonyl (C=O) groups excluding carboxylic acids is 1. The van der Waals surface area contributed by atoms with E-state index in [0.29, 0.717) is 16.8 Å². The molecule has 126 valence electrons. The molecule has 1 heterocycles. The summed E-state index contributed by atoms with van der Waals surface area (Å²) in [4.78, 5) is 22.5. The fourth-order valence-corrected chi connectivity index (χ4v) is 2.25. The topological polar surface area (TPSA) is 102 Å². The zero-order valence-corrected chi connectivity index (χ0v) is 14.0. The fraction of sp³-hybridized carbons (Fsp3) is 0.312. The van der Waals surface area contributed by atoms with Gasteiger partial charge in [0.05, 0.1) is 16.3 Å². The molecule has 0 radical (unpaired) electrons. The average molecular weight is 329 g/mol. The number of nitro groups is 1. The molecule has 8 nitrogen and oxygen atoms in total. The number of hydrogen-bond acceptors (Lipinski definition) is 5. The number of carbonyl (C=O) groups is 1. The van der Waals surface area contributed by atoms with E-state index in [1.165, 1.54) is 6.07 Å². The number of nitro benzene ring substituents is 1. The molecular weight excluding hydrogens is 310 g/mol. The highest BCUT2D eigenvalue weighted by Gasteiger charge is 2.12. The molecule has 0 saturated carbocycles. The molecule has 0 bridgehead atoms. The molecule has 0 spiro atoms. The lowest BCUT2D eigenvalue weighted by Gasteiger charge is -2.05. The van der Waals surface area contributed by atoms with E-state index in [1.807, 2.05) is 19.9 Å². The summed E-state index contributed by atoms with van der Waals surface area (Å²) in [6, 6.07) is 6.72. The summed E-state index contributed by atoms with van der Waals surface area (Å²) in [6.45, 7) is 7.13. The van der Waals surface area contributed by atoms with Crippen LogP contribution in [-0.2, 0) is 11.3 Å². The van der Waals surface area contributed by atoms with Crippen molar-refractivity contribution in [2.75, 3.05) is 0 Å². The third kappa shape index (κ3) is 4.03. The van der Waals surface area contributed by atoms with Gasteiger partial charge in [-0.05, 0) is 33.8 Å². The number of aromatic nitrogens is 2. The van der Waals surface area contributed by atoms with E-state index >= 15 is 0 Å². The van der Waals surface area contributed by atoms with Crippen LogP contribution >= 0.6 is 0 Å². The van der Waals surface area contributed by atoms with E-state index in [1.54, 1.807) is 30.7 Å². The van der Waals surface area contributed by atoms with Crippen LogP contribution in [0.1, 0.15) is 29.4 Å². The average Bonchev–Trinajstić information content (AvgIpc) is 2.82. The summed E-state index contributed by atoms with van der Waals surface area (Å²) in [5.74, 6) is -0.317. The second-order valence-electron chi connectivity index (χ2n) is 5.58. The maximum atomic E-state index is 12.0. The van der Waals surface area contributed by atoms with E-state index in [-0.39, 0.29) is 18.1 Å². The maximum absolute atomic E-state index is 12.0. The number of nitrogens with zero attached hydrogens (tertiary/aromatic N) is 4. The lowest BCUT2D eigenvalue weighted by molar-refractivity contribution is -0.385. The number of benzene rings is 1. The van der Waals surface area contributed by atoms with Gasteiger partial charge in [0.25, 0.3) is 11.6 Å². The number of aryl methyl sites for hydroxylation is 3. The van der Waals surface area contributed by atoms with Gasteiger partial charge in [-0.1, -0.05) is 12.1 Å². The van der Waals surface area contributed by atoms with Gasteiger partial charge in [-0.15, -0.1) is 0 Å². The van der Waals surface area contributed by atoms with Crippen LogP contribution in [0.25, 0.3) is 0 Å². The summed E-state index contributed by atoms with van der Waals surface area (Å²) >= 11 is 0. The van der Waals surface area contributed by atoms with E-state index in [2.05, 4.69) is 15.6 Å². The van der Waals surface area contributed by atoms with Gasteiger partial charge in [-0.2, -0.15) is 10.2 Å². The Labute approximate surface area is 139 Å². The smallest absolute Gasteiger partial charge is 0.271 e. The van der Waals surface area contributed by atoms with Crippen LogP contribution in [0.4, 0.5) is 5.69 Å². The lowest BCUT2D eigenvalue weighted by Crippen LogP contribution is -2.25. The summed E-state index contributed by atoms with van der Waals surface area (Å²) < 4.78 is 1.59. The van der Waals surface area contributed by atoms with Crippen molar-refractivity contribution in [3.8, 4) is 0 Å². The molecule has 1 amide bonds. The molecule has 0 aliphatic heterocycles. The molecule has 8 heteroatoms. The lowest BCUT2D eigenvalue weighted by atomic mass is 10.1. The molecule has 24 heavy (non-hydrogen) atoms. The SMILES string of the molecule is C/C(=N\NC(=O)Cn1nc(C)cc1C)c1ccc(C)c([N+](=O)[O-])c1. The maximum Gasteiger partial charge on any atom is 0.272 e. The summed E-state index contributed by atoms with van der Waals surface area (Å²) in [6.07, 6.45) is 0. The van der Waals surface area contributed by atoms with Gasteiger partial charge in [-0.3, -0.25) is 19.6 Å². The van der Waals surface area contributed by atoms with Crippen LogP contribution in [-0.4, -0.2) is 26.3 Å². The molecule has 0 aliphatic carbocycles. The molecule has 1 N–H and O–H groups in total. The first-order chi connectivity index (χ1) is 11.3. The second kappa shape index (κ2) is 7.03. The molecule has 2 rings (SSSR count). The number of hydrazone groups is 1. The Hall–Kier alpha value is -3.03. The number of nitrogens with one attached hydrogen (secondary N) is 1. The Kier molecular flexibility index (Phi) is 5.08. The zero-order valence-electron chi connectivity index (χ0n) is 14.0. The first-order valence-corrected chi connectivity index (χ1v) is 7.37. The Balaban J connectivity index is 2.08. The van der Waals surface area contributed by atoms with Crippen molar-refractivity contribution < 1.29 is 9.72 Å². The highest BCUT2D eigenvalue weighted by atomic mass is 16.6. The van der Waals surface area contributed by atoms with E-state index in [0.717, 1.165) is 11.4 Å².